The molecule has 0 amide bonds. The molecule has 0 rings (SSSR count). The van der Waals surface area contributed by atoms with Gasteiger partial charge in [-0.05, 0) is 25.7 Å². The van der Waals surface area contributed by atoms with Crippen LogP contribution in [0.1, 0.15) is 25.7 Å². The summed E-state index contributed by atoms with van der Waals surface area (Å²) in [4.78, 5) is 0. The average Bonchev–Trinajstić information content (AvgIpc) is 2.40. The first-order valence-corrected chi connectivity index (χ1v) is 10.6. The predicted octanol–water partition coefficient (Wildman–Crippen LogP) is 0.145. The lowest BCUT2D eigenvalue weighted by molar-refractivity contribution is -0.871. The Labute approximate surface area is 159 Å². The molecule has 0 heterocycles. The molecular weight excluding hydrogens is 388 g/mol. The second-order valence-corrected chi connectivity index (χ2v) is 9.89. The minimum Gasteiger partial charge on any atom is -0.726 e. The molecule has 0 atom stereocenters. The molecule has 10 nitrogen and oxygen atoms in total. The lowest BCUT2D eigenvalue weighted by Gasteiger charge is -2.25. The van der Waals surface area contributed by atoms with Crippen molar-refractivity contribution in [1.29, 1.82) is 0 Å². The third-order valence-corrected chi connectivity index (χ3v) is 3.63. The van der Waals surface area contributed by atoms with Crippen LogP contribution in [0.4, 0.5) is 0 Å². The van der Waals surface area contributed by atoms with Crippen LogP contribution >= 0.6 is 0 Å². The number of rotatable bonds is 9. The van der Waals surface area contributed by atoms with Crippen molar-refractivity contribution in [2.45, 2.75) is 25.7 Å². The Kier molecular flexibility index (Phi) is 16.1. The number of nitrogens with zero attached hydrogens (tertiary/aromatic N) is 2. The zero-order chi connectivity index (χ0) is 21.7. The highest BCUT2D eigenvalue weighted by Gasteiger charge is 2.07. The maximum atomic E-state index is 9.22. The molecule has 0 aliphatic carbocycles. The Hall–Kier alpha value is -0.340. The number of hydrogen-bond acceptors (Lipinski definition) is 8. The average molecular weight is 425 g/mol. The third-order valence-electron chi connectivity index (χ3n) is 2.82. The van der Waals surface area contributed by atoms with Crippen LogP contribution in [0.3, 0.4) is 0 Å². The molecule has 0 N–H and O–H groups in total. The van der Waals surface area contributed by atoms with E-state index in [4.69, 9.17) is 0 Å². The summed E-state index contributed by atoms with van der Waals surface area (Å²) in [5.41, 5.74) is 0. The summed E-state index contributed by atoms with van der Waals surface area (Å²) < 4.78 is 64.3. The van der Waals surface area contributed by atoms with Gasteiger partial charge in [-0.3, -0.25) is 8.37 Å². The summed E-state index contributed by atoms with van der Waals surface area (Å²) in [6.07, 6.45) is 5.55. The molecule has 0 aromatic rings. The zero-order valence-corrected chi connectivity index (χ0v) is 18.9. The van der Waals surface area contributed by atoms with Crippen molar-refractivity contribution in [3.63, 3.8) is 0 Å². The monoisotopic (exact) mass is 424 g/mol. The molecule has 0 spiro atoms. The van der Waals surface area contributed by atoms with E-state index in [1.807, 2.05) is 0 Å². The lowest BCUT2D eigenvalue weighted by atomic mass is 10.1. The Bertz CT molecular complexity index is 484. The van der Waals surface area contributed by atoms with E-state index in [9.17, 15) is 25.9 Å². The molecule has 0 aliphatic rings. The van der Waals surface area contributed by atoms with E-state index in [2.05, 4.69) is 50.7 Å². The van der Waals surface area contributed by atoms with Gasteiger partial charge in [0.05, 0.1) is 69.6 Å². The minimum absolute atomic E-state index is 0.808. The lowest BCUT2D eigenvalue weighted by Crippen LogP contribution is -2.35. The predicted molar refractivity (Wildman–Crippen MR) is 97.7 cm³/mol. The summed E-state index contributed by atoms with van der Waals surface area (Å²) in [5, 5.41) is 0. The Balaban J connectivity index is -0.000000364. The van der Waals surface area contributed by atoms with Crippen LogP contribution in [-0.2, 0) is 29.2 Å². The van der Waals surface area contributed by atoms with Crippen LogP contribution in [0.25, 0.3) is 0 Å². The van der Waals surface area contributed by atoms with Crippen LogP contribution in [-0.4, -0.2) is 105 Å². The molecule has 0 saturated carbocycles. The van der Waals surface area contributed by atoms with E-state index in [1.165, 1.54) is 38.8 Å². The minimum atomic E-state index is -4.41. The standard InChI is InChI=1S/C12H30N2.2CH4O4S/c1-13(2,3)11-9-7-8-10-12-14(4,5)6;2*1-5-6(2,3)4/h7-12H2,1-6H3;2*1H3,(H,2,3,4)/q+2;;/p-2. The quantitative estimate of drug-likeness (QED) is 0.221. The molecular formula is C14H36N2O8S2. The Morgan fingerprint density at radius 2 is 0.808 bits per heavy atom. The maximum absolute atomic E-state index is 9.22. The van der Waals surface area contributed by atoms with Gasteiger partial charge in [-0.1, -0.05) is 0 Å². The molecule has 0 saturated heterocycles. The first kappa shape index (κ1) is 30.4. The molecule has 26 heavy (non-hydrogen) atoms. The fraction of sp³-hybridized carbons (Fsp3) is 1.00. The molecule has 0 fully saturated rings. The van der Waals surface area contributed by atoms with E-state index in [1.54, 1.807) is 0 Å². The van der Waals surface area contributed by atoms with Crippen molar-refractivity contribution in [3.8, 4) is 0 Å². The van der Waals surface area contributed by atoms with Gasteiger partial charge >= 0.3 is 0 Å². The van der Waals surface area contributed by atoms with E-state index < -0.39 is 20.8 Å². The van der Waals surface area contributed by atoms with Crippen LogP contribution in [0.15, 0.2) is 0 Å². The summed E-state index contributed by atoms with van der Waals surface area (Å²) >= 11 is 0. The second-order valence-electron chi connectivity index (χ2n) is 7.59. The van der Waals surface area contributed by atoms with Crippen molar-refractivity contribution < 1.29 is 43.3 Å². The normalized spacial score (nSPS) is 12.5. The summed E-state index contributed by atoms with van der Waals surface area (Å²) in [6.45, 7) is 2.62. The van der Waals surface area contributed by atoms with Crippen molar-refractivity contribution in [2.75, 3.05) is 69.6 Å². The fourth-order valence-corrected chi connectivity index (χ4v) is 1.53. The Morgan fingerprint density at radius 1 is 0.615 bits per heavy atom. The van der Waals surface area contributed by atoms with Gasteiger partial charge < -0.3 is 18.1 Å². The van der Waals surface area contributed by atoms with Crippen molar-refractivity contribution in [3.05, 3.63) is 0 Å². The molecule has 0 unspecified atom stereocenters. The summed E-state index contributed by atoms with van der Waals surface area (Å²) in [6, 6.07) is 0. The molecule has 12 heteroatoms. The number of quaternary nitrogens is 2. The topological polar surface area (TPSA) is 133 Å². The largest absolute Gasteiger partial charge is 0.726 e. The molecule has 0 aromatic carbocycles. The van der Waals surface area contributed by atoms with Crippen LogP contribution < -0.4 is 0 Å². The first-order chi connectivity index (χ1) is 11.3. The second kappa shape index (κ2) is 13.8. The van der Waals surface area contributed by atoms with E-state index in [-0.39, 0.29) is 0 Å². The fourth-order valence-electron chi connectivity index (χ4n) is 1.53. The van der Waals surface area contributed by atoms with Crippen molar-refractivity contribution in [2.24, 2.45) is 0 Å². The van der Waals surface area contributed by atoms with Gasteiger partial charge in [0.15, 0.2) is 0 Å². The van der Waals surface area contributed by atoms with Gasteiger partial charge in [0.1, 0.15) is 0 Å². The smallest absolute Gasteiger partial charge is 0.217 e. The molecule has 162 valence electrons. The van der Waals surface area contributed by atoms with Gasteiger partial charge in [0.25, 0.3) is 0 Å². The van der Waals surface area contributed by atoms with Crippen LogP contribution in [0, 0.1) is 0 Å². The van der Waals surface area contributed by atoms with Crippen molar-refractivity contribution >= 4 is 20.8 Å². The third kappa shape index (κ3) is 43.8. The van der Waals surface area contributed by atoms with Crippen molar-refractivity contribution in [1.82, 2.24) is 0 Å². The molecule has 0 aromatic heterocycles. The molecule has 0 bridgehead atoms. The van der Waals surface area contributed by atoms with Gasteiger partial charge in [0, 0.05) is 0 Å². The van der Waals surface area contributed by atoms with E-state index in [0.717, 1.165) is 23.2 Å². The van der Waals surface area contributed by atoms with E-state index >= 15 is 0 Å². The highest BCUT2D eigenvalue weighted by atomic mass is 32.3. The summed E-state index contributed by atoms with van der Waals surface area (Å²) in [7, 11) is 6.41. The molecule has 0 radical (unpaired) electrons. The molecule has 0 aliphatic heterocycles. The van der Waals surface area contributed by atoms with Crippen LogP contribution in [0.2, 0.25) is 0 Å². The van der Waals surface area contributed by atoms with Gasteiger partial charge in [-0.15, -0.1) is 0 Å². The van der Waals surface area contributed by atoms with Gasteiger partial charge in [0.2, 0.25) is 20.8 Å². The highest BCUT2D eigenvalue weighted by Crippen LogP contribution is 2.05. The van der Waals surface area contributed by atoms with E-state index in [0.29, 0.717) is 0 Å². The SMILES string of the molecule is COS(=O)(=O)[O-].COS(=O)(=O)[O-].C[N+](C)(C)CCCCCC[N+](C)(C)C. The zero-order valence-electron chi connectivity index (χ0n) is 17.2. The number of hydrogen-bond donors (Lipinski definition) is 0. The first-order valence-electron chi connectivity index (χ1n) is 7.97. The number of unbranched alkanes of at least 4 members (excludes halogenated alkanes) is 3. The van der Waals surface area contributed by atoms with Crippen LogP contribution in [0.5, 0.6) is 0 Å². The summed E-state index contributed by atoms with van der Waals surface area (Å²) in [5.74, 6) is 0. The maximum Gasteiger partial charge on any atom is 0.217 e. The Morgan fingerprint density at radius 3 is 0.923 bits per heavy atom. The van der Waals surface area contributed by atoms with Gasteiger partial charge in [-0.25, -0.2) is 16.8 Å². The highest BCUT2D eigenvalue weighted by molar-refractivity contribution is 7.81. The van der Waals surface area contributed by atoms with Gasteiger partial charge in [-0.2, -0.15) is 0 Å².